The van der Waals surface area contributed by atoms with Gasteiger partial charge in [0, 0.05) is 16.1 Å². The van der Waals surface area contributed by atoms with E-state index in [1.54, 1.807) is 42.5 Å². The Bertz CT molecular complexity index is 907. The van der Waals surface area contributed by atoms with Crippen LogP contribution in [-0.4, -0.2) is 28.2 Å². The summed E-state index contributed by atoms with van der Waals surface area (Å²) in [5.41, 5.74) is 1.40. The highest BCUT2D eigenvalue weighted by Gasteiger charge is 2.22. The Balaban J connectivity index is 1.68. The zero-order chi connectivity index (χ0) is 17.1. The number of ether oxygens (including phenoxy) is 1. The van der Waals surface area contributed by atoms with E-state index >= 15 is 0 Å². The molecule has 1 amide bonds. The lowest BCUT2D eigenvalue weighted by Gasteiger charge is -2.13. The Morgan fingerprint density at radius 1 is 1.21 bits per heavy atom. The van der Waals surface area contributed by atoms with Crippen LogP contribution in [0.15, 0.2) is 48.5 Å². The first-order valence-electron chi connectivity index (χ1n) is 7.25. The largest absolute Gasteiger partial charge is 0.448 e. The van der Waals surface area contributed by atoms with Gasteiger partial charge in [0.25, 0.3) is 5.91 Å². The van der Waals surface area contributed by atoms with Gasteiger partial charge in [-0.1, -0.05) is 35.9 Å². The molecule has 3 rings (SSSR count). The Labute approximate surface area is 142 Å². The Morgan fingerprint density at radius 2 is 2.00 bits per heavy atom. The van der Waals surface area contributed by atoms with Crippen molar-refractivity contribution in [1.29, 1.82) is 0 Å². The lowest BCUT2D eigenvalue weighted by molar-refractivity contribution is -0.123. The van der Waals surface area contributed by atoms with Gasteiger partial charge in [-0.3, -0.25) is 9.89 Å². The first-order valence-corrected chi connectivity index (χ1v) is 7.63. The highest BCUT2D eigenvalue weighted by Crippen LogP contribution is 2.18. The van der Waals surface area contributed by atoms with Gasteiger partial charge in [-0.2, -0.15) is 5.10 Å². The smallest absolute Gasteiger partial charge is 0.360 e. The Morgan fingerprint density at radius 3 is 2.79 bits per heavy atom. The molecule has 2 N–H and O–H groups in total. The van der Waals surface area contributed by atoms with Crippen molar-refractivity contribution < 1.29 is 14.3 Å². The lowest BCUT2D eigenvalue weighted by atomic mass is 10.2. The minimum absolute atomic E-state index is 0.146. The maximum absolute atomic E-state index is 12.2. The molecule has 6 nitrogen and oxygen atoms in total. The van der Waals surface area contributed by atoms with E-state index in [9.17, 15) is 9.59 Å². The summed E-state index contributed by atoms with van der Waals surface area (Å²) in [4.78, 5) is 24.4. The van der Waals surface area contributed by atoms with Gasteiger partial charge in [0.15, 0.2) is 11.8 Å². The molecule has 0 fully saturated rings. The summed E-state index contributed by atoms with van der Waals surface area (Å²) in [5, 5.41) is 10.5. The highest BCUT2D eigenvalue weighted by atomic mass is 35.5. The molecule has 7 heteroatoms. The molecule has 24 heavy (non-hydrogen) atoms. The van der Waals surface area contributed by atoms with E-state index in [4.69, 9.17) is 16.3 Å². The van der Waals surface area contributed by atoms with E-state index in [-0.39, 0.29) is 5.69 Å². The second-order valence-electron chi connectivity index (χ2n) is 5.16. The lowest BCUT2D eigenvalue weighted by Crippen LogP contribution is -2.30. The molecular weight excluding hydrogens is 330 g/mol. The van der Waals surface area contributed by atoms with E-state index in [1.807, 2.05) is 6.07 Å². The molecule has 0 saturated carbocycles. The van der Waals surface area contributed by atoms with Gasteiger partial charge in [0.05, 0.1) is 5.52 Å². The topological polar surface area (TPSA) is 84.1 Å². The van der Waals surface area contributed by atoms with Crippen molar-refractivity contribution in [2.45, 2.75) is 13.0 Å². The number of carbonyl (C=O) groups excluding carboxylic acids is 2. The number of amides is 1. The molecule has 0 unspecified atom stereocenters. The number of nitrogens with one attached hydrogen (secondary N) is 2. The van der Waals surface area contributed by atoms with Gasteiger partial charge in [0.1, 0.15) is 0 Å². The number of H-pyrrole nitrogens is 1. The summed E-state index contributed by atoms with van der Waals surface area (Å²) < 4.78 is 5.20. The van der Waals surface area contributed by atoms with Crippen LogP contribution in [0.3, 0.4) is 0 Å². The van der Waals surface area contributed by atoms with E-state index in [2.05, 4.69) is 15.5 Å². The number of esters is 1. The molecule has 0 bridgehead atoms. The van der Waals surface area contributed by atoms with Crippen molar-refractivity contribution >= 4 is 40.1 Å². The first-order chi connectivity index (χ1) is 11.5. The summed E-state index contributed by atoms with van der Waals surface area (Å²) >= 11 is 5.87. The number of hydrogen-bond donors (Lipinski definition) is 2. The Kier molecular flexibility index (Phi) is 4.48. The van der Waals surface area contributed by atoms with Gasteiger partial charge in [-0.05, 0) is 31.2 Å². The number of aromatic amines is 1. The van der Waals surface area contributed by atoms with E-state index < -0.39 is 18.0 Å². The number of carbonyl (C=O) groups is 2. The third-order valence-corrected chi connectivity index (χ3v) is 3.64. The van der Waals surface area contributed by atoms with Gasteiger partial charge in [-0.15, -0.1) is 0 Å². The van der Waals surface area contributed by atoms with Crippen molar-refractivity contribution in [1.82, 2.24) is 10.2 Å². The molecular formula is C17H14ClN3O3. The number of para-hydroxylation sites is 1. The number of aromatic nitrogens is 2. The number of nitrogens with zero attached hydrogens (tertiary/aromatic N) is 1. The molecule has 1 aromatic heterocycles. The normalized spacial score (nSPS) is 11.9. The second-order valence-corrected chi connectivity index (χ2v) is 5.60. The van der Waals surface area contributed by atoms with E-state index in [0.717, 1.165) is 5.52 Å². The molecule has 2 aromatic carbocycles. The predicted molar refractivity (Wildman–Crippen MR) is 91.1 cm³/mol. The quantitative estimate of drug-likeness (QED) is 0.711. The van der Waals surface area contributed by atoms with Gasteiger partial charge in [0.2, 0.25) is 0 Å². The van der Waals surface area contributed by atoms with Crippen LogP contribution in [0.5, 0.6) is 0 Å². The molecule has 0 saturated heterocycles. The van der Waals surface area contributed by atoms with Crippen LogP contribution in [-0.2, 0) is 9.53 Å². The van der Waals surface area contributed by atoms with Gasteiger partial charge < -0.3 is 10.1 Å². The number of benzene rings is 2. The van der Waals surface area contributed by atoms with Crippen LogP contribution < -0.4 is 5.32 Å². The molecule has 0 aliphatic heterocycles. The fourth-order valence-electron chi connectivity index (χ4n) is 2.20. The van der Waals surface area contributed by atoms with Crippen molar-refractivity contribution in [3.05, 3.63) is 59.2 Å². The van der Waals surface area contributed by atoms with E-state index in [1.165, 1.54) is 6.92 Å². The molecule has 0 aliphatic carbocycles. The van der Waals surface area contributed by atoms with Crippen LogP contribution in [0, 0.1) is 0 Å². The van der Waals surface area contributed by atoms with Gasteiger partial charge >= 0.3 is 5.97 Å². The Hall–Kier alpha value is -2.86. The van der Waals surface area contributed by atoms with Gasteiger partial charge in [-0.25, -0.2) is 4.79 Å². The average molecular weight is 344 g/mol. The number of halogens is 1. The molecule has 0 aliphatic rings. The zero-order valence-corrected chi connectivity index (χ0v) is 13.5. The molecule has 0 radical (unpaired) electrons. The maximum atomic E-state index is 12.2. The van der Waals surface area contributed by atoms with Crippen LogP contribution in [0.25, 0.3) is 10.9 Å². The molecule has 3 aromatic rings. The number of hydrogen-bond acceptors (Lipinski definition) is 4. The fourth-order valence-corrected chi connectivity index (χ4v) is 2.39. The summed E-state index contributed by atoms with van der Waals surface area (Å²) in [6, 6.07) is 13.9. The fraction of sp³-hybridized carbons (Fsp3) is 0.118. The SMILES string of the molecule is C[C@H](OC(=O)c1n[nH]c2ccccc12)C(=O)Nc1cccc(Cl)c1. The number of fused-ring (bicyclic) bond motifs is 1. The third-order valence-electron chi connectivity index (χ3n) is 3.41. The summed E-state index contributed by atoms with van der Waals surface area (Å²) in [6.45, 7) is 1.49. The van der Waals surface area contributed by atoms with Crippen LogP contribution >= 0.6 is 11.6 Å². The summed E-state index contributed by atoms with van der Waals surface area (Å²) in [7, 11) is 0. The minimum atomic E-state index is -0.980. The predicted octanol–water partition coefficient (Wildman–Crippen LogP) is 3.40. The molecule has 122 valence electrons. The minimum Gasteiger partial charge on any atom is -0.448 e. The van der Waals surface area contributed by atoms with E-state index in [0.29, 0.717) is 16.1 Å². The second kappa shape index (κ2) is 6.72. The number of anilines is 1. The highest BCUT2D eigenvalue weighted by molar-refractivity contribution is 6.30. The van der Waals surface area contributed by atoms with Crippen molar-refractivity contribution in [3.8, 4) is 0 Å². The molecule has 0 spiro atoms. The van der Waals surface area contributed by atoms with Crippen molar-refractivity contribution in [3.63, 3.8) is 0 Å². The average Bonchev–Trinajstić information content (AvgIpc) is 2.99. The first kappa shape index (κ1) is 16.0. The zero-order valence-electron chi connectivity index (χ0n) is 12.7. The standard InChI is InChI=1S/C17H14ClN3O3/c1-10(16(22)19-12-6-4-5-11(18)9-12)24-17(23)15-13-7-2-3-8-14(13)20-21-15/h2-10H,1H3,(H,19,22)(H,20,21)/t10-/m0/s1. The monoisotopic (exact) mass is 343 g/mol. The maximum Gasteiger partial charge on any atom is 0.360 e. The van der Waals surface area contributed by atoms with Crippen LogP contribution in [0.2, 0.25) is 5.02 Å². The third kappa shape index (κ3) is 3.38. The van der Waals surface area contributed by atoms with Crippen LogP contribution in [0.1, 0.15) is 17.4 Å². The van der Waals surface area contributed by atoms with Crippen LogP contribution in [0.4, 0.5) is 5.69 Å². The summed E-state index contributed by atoms with van der Waals surface area (Å²) in [5.74, 6) is -1.12. The summed E-state index contributed by atoms with van der Waals surface area (Å²) in [6.07, 6.45) is -0.980. The molecule has 1 atom stereocenters. The number of rotatable bonds is 4. The van der Waals surface area contributed by atoms with Crippen molar-refractivity contribution in [2.75, 3.05) is 5.32 Å². The molecule has 1 heterocycles. The van der Waals surface area contributed by atoms with Crippen molar-refractivity contribution in [2.24, 2.45) is 0 Å².